The number of rotatable bonds is 8. The molecule has 2 rings (SSSR count). The number of carbonyl (C=O) groups excluding carboxylic acids is 2. The Morgan fingerprint density at radius 2 is 1.77 bits per heavy atom. The van der Waals surface area contributed by atoms with Crippen molar-refractivity contribution in [1.82, 2.24) is 5.32 Å². The number of amides is 2. The zero-order chi connectivity index (χ0) is 18.9. The van der Waals surface area contributed by atoms with Crippen LogP contribution < -0.4 is 10.6 Å². The molecule has 0 heterocycles. The number of carbonyl (C=O) groups is 2. The Kier molecular flexibility index (Phi) is 8.35. The van der Waals surface area contributed by atoms with Crippen molar-refractivity contribution in [2.45, 2.75) is 17.4 Å². The van der Waals surface area contributed by atoms with Crippen LogP contribution in [0.5, 0.6) is 0 Å². The number of hydrogen-bond acceptors (Lipinski definition) is 4. The lowest BCUT2D eigenvalue weighted by Crippen LogP contribution is -2.44. The third kappa shape index (κ3) is 5.97. The molecule has 0 fully saturated rings. The van der Waals surface area contributed by atoms with Crippen LogP contribution in [0.1, 0.15) is 16.8 Å². The highest BCUT2D eigenvalue weighted by Crippen LogP contribution is 2.18. The van der Waals surface area contributed by atoms with Gasteiger partial charge >= 0.3 is 0 Å². The maximum Gasteiger partial charge on any atom is 0.253 e. The number of hydrogen-bond donors (Lipinski definition) is 2. The summed E-state index contributed by atoms with van der Waals surface area (Å²) in [6.07, 6.45) is 4.49. The monoisotopic (exact) mass is 408 g/mol. The van der Waals surface area contributed by atoms with Crippen molar-refractivity contribution in [3.63, 3.8) is 0 Å². The maximum atomic E-state index is 12.7. The zero-order valence-corrected chi connectivity index (χ0v) is 17.0. The van der Waals surface area contributed by atoms with E-state index in [9.17, 15) is 9.59 Å². The van der Waals surface area contributed by atoms with Crippen LogP contribution in [0.2, 0.25) is 5.02 Å². The molecule has 0 bridgehead atoms. The zero-order valence-electron chi connectivity index (χ0n) is 14.6. The lowest BCUT2D eigenvalue weighted by atomic mass is 10.1. The van der Waals surface area contributed by atoms with Gasteiger partial charge in [0.2, 0.25) is 5.91 Å². The van der Waals surface area contributed by atoms with E-state index in [0.29, 0.717) is 22.7 Å². The van der Waals surface area contributed by atoms with Crippen molar-refractivity contribution in [2.75, 3.05) is 23.6 Å². The van der Waals surface area contributed by atoms with Crippen molar-refractivity contribution in [3.8, 4) is 0 Å². The predicted molar refractivity (Wildman–Crippen MR) is 113 cm³/mol. The smallest absolute Gasteiger partial charge is 0.253 e. The summed E-state index contributed by atoms with van der Waals surface area (Å²) in [6, 6.07) is 13.8. The van der Waals surface area contributed by atoms with Crippen LogP contribution >= 0.6 is 35.1 Å². The summed E-state index contributed by atoms with van der Waals surface area (Å²) in [5, 5.41) is 6.03. The molecule has 7 heteroatoms. The highest BCUT2D eigenvalue weighted by Gasteiger charge is 2.22. The molecule has 0 saturated carbocycles. The fraction of sp³-hybridized carbons (Fsp3) is 0.263. The topological polar surface area (TPSA) is 58.2 Å². The Hall–Kier alpha value is -1.63. The molecule has 2 aromatic rings. The molecule has 1 atom stereocenters. The molecule has 0 aliphatic heterocycles. The van der Waals surface area contributed by atoms with Crippen LogP contribution in [0, 0.1) is 0 Å². The molecular formula is C19H21ClN2O2S2. The second-order valence-electron chi connectivity index (χ2n) is 5.51. The van der Waals surface area contributed by atoms with Crippen LogP contribution in [0.4, 0.5) is 5.69 Å². The van der Waals surface area contributed by atoms with Crippen LogP contribution in [-0.2, 0) is 4.79 Å². The van der Waals surface area contributed by atoms with Gasteiger partial charge < -0.3 is 10.6 Å². The number of benzene rings is 2. The van der Waals surface area contributed by atoms with Gasteiger partial charge in [0.05, 0.1) is 10.6 Å². The molecule has 0 aliphatic carbocycles. The van der Waals surface area contributed by atoms with E-state index in [-0.39, 0.29) is 11.8 Å². The molecule has 2 amide bonds. The molecule has 26 heavy (non-hydrogen) atoms. The standard InChI is InChI=1S/C19H21ClN2O2S2/c1-25-12-11-17(22-18(23)15-5-3-4-6-16(15)20)19(24)21-13-7-9-14(26-2)10-8-13/h3-10,17H,11-12H2,1-2H3,(H,21,24)(H,22,23). The summed E-state index contributed by atoms with van der Waals surface area (Å²) in [5.41, 5.74) is 1.06. The predicted octanol–water partition coefficient (Wildman–Crippen LogP) is 4.55. The van der Waals surface area contributed by atoms with Gasteiger partial charge in [-0.25, -0.2) is 0 Å². The first-order chi connectivity index (χ1) is 12.5. The second kappa shape index (κ2) is 10.5. The van der Waals surface area contributed by atoms with Gasteiger partial charge in [-0.15, -0.1) is 11.8 Å². The summed E-state index contributed by atoms with van der Waals surface area (Å²) < 4.78 is 0. The maximum absolute atomic E-state index is 12.7. The molecule has 0 aliphatic rings. The minimum absolute atomic E-state index is 0.239. The van der Waals surface area contributed by atoms with E-state index in [2.05, 4.69) is 10.6 Å². The highest BCUT2D eigenvalue weighted by atomic mass is 35.5. The lowest BCUT2D eigenvalue weighted by molar-refractivity contribution is -0.118. The molecule has 0 radical (unpaired) electrons. The summed E-state index contributed by atoms with van der Waals surface area (Å²) in [5.74, 6) is 0.165. The van der Waals surface area contributed by atoms with E-state index >= 15 is 0 Å². The van der Waals surface area contributed by atoms with E-state index < -0.39 is 6.04 Å². The second-order valence-corrected chi connectivity index (χ2v) is 7.78. The van der Waals surface area contributed by atoms with E-state index in [1.807, 2.05) is 36.8 Å². The van der Waals surface area contributed by atoms with Crippen molar-refractivity contribution in [3.05, 3.63) is 59.1 Å². The van der Waals surface area contributed by atoms with Gasteiger partial charge in [-0.2, -0.15) is 11.8 Å². The van der Waals surface area contributed by atoms with Gasteiger partial charge in [-0.1, -0.05) is 23.7 Å². The Morgan fingerprint density at radius 3 is 2.38 bits per heavy atom. The van der Waals surface area contributed by atoms with E-state index in [1.165, 1.54) is 0 Å². The molecule has 138 valence electrons. The van der Waals surface area contributed by atoms with Crippen LogP contribution in [0.15, 0.2) is 53.4 Å². The summed E-state index contributed by atoms with van der Waals surface area (Å²) in [6.45, 7) is 0. The number of nitrogens with one attached hydrogen (secondary N) is 2. The first kappa shape index (κ1) is 20.7. The number of halogens is 1. The minimum atomic E-state index is -0.633. The minimum Gasteiger partial charge on any atom is -0.340 e. The van der Waals surface area contributed by atoms with E-state index in [0.717, 1.165) is 10.6 Å². The van der Waals surface area contributed by atoms with Gasteiger partial charge in [0, 0.05) is 10.6 Å². The fourth-order valence-corrected chi connectivity index (χ4v) is 3.39. The van der Waals surface area contributed by atoms with Gasteiger partial charge in [0.15, 0.2) is 0 Å². The molecule has 4 nitrogen and oxygen atoms in total. The van der Waals surface area contributed by atoms with E-state index in [1.54, 1.807) is 47.8 Å². The molecule has 0 spiro atoms. The lowest BCUT2D eigenvalue weighted by Gasteiger charge is -2.18. The van der Waals surface area contributed by atoms with Gasteiger partial charge in [-0.05, 0) is 61.1 Å². The Bertz CT molecular complexity index is 753. The van der Waals surface area contributed by atoms with Crippen molar-refractivity contribution in [1.29, 1.82) is 0 Å². The average molecular weight is 409 g/mol. The van der Waals surface area contributed by atoms with Crippen molar-refractivity contribution < 1.29 is 9.59 Å². The Labute approximate surface area is 167 Å². The third-order valence-electron chi connectivity index (χ3n) is 3.71. The normalized spacial score (nSPS) is 11.7. The van der Waals surface area contributed by atoms with Crippen molar-refractivity contribution in [2.24, 2.45) is 0 Å². The molecule has 1 unspecified atom stereocenters. The number of anilines is 1. The molecule has 0 aromatic heterocycles. The molecule has 2 aromatic carbocycles. The molecule has 2 N–H and O–H groups in total. The fourth-order valence-electron chi connectivity index (χ4n) is 2.29. The van der Waals surface area contributed by atoms with Crippen LogP contribution in [-0.4, -0.2) is 36.1 Å². The van der Waals surface area contributed by atoms with E-state index in [4.69, 9.17) is 11.6 Å². The summed E-state index contributed by atoms with van der Waals surface area (Å²) in [7, 11) is 0. The largest absolute Gasteiger partial charge is 0.340 e. The van der Waals surface area contributed by atoms with Crippen molar-refractivity contribution >= 4 is 52.6 Å². The Balaban J connectivity index is 2.08. The third-order valence-corrected chi connectivity index (χ3v) is 5.43. The first-order valence-electron chi connectivity index (χ1n) is 8.04. The highest BCUT2D eigenvalue weighted by molar-refractivity contribution is 7.98. The SMILES string of the molecule is CSCCC(NC(=O)c1ccccc1Cl)C(=O)Nc1ccc(SC)cc1. The van der Waals surface area contributed by atoms with Gasteiger partial charge in [0.1, 0.15) is 6.04 Å². The summed E-state index contributed by atoms with van der Waals surface area (Å²) >= 11 is 9.34. The van der Waals surface area contributed by atoms with Gasteiger partial charge in [-0.3, -0.25) is 9.59 Å². The van der Waals surface area contributed by atoms with Crippen LogP contribution in [0.3, 0.4) is 0 Å². The molecule has 0 saturated heterocycles. The average Bonchev–Trinajstić information content (AvgIpc) is 2.65. The summed E-state index contributed by atoms with van der Waals surface area (Å²) in [4.78, 5) is 26.3. The molecular weight excluding hydrogens is 388 g/mol. The van der Waals surface area contributed by atoms with Crippen LogP contribution in [0.25, 0.3) is 0 Å². The number of thioether (sulfide) groups is 2. The quantitative estimate of drug-likeness (QED) is 0.629. The van der Waals surface area contributed by atoms with Gasteiger partial charge in [0.25, 0.3) is 5.91 Å². The Morgan fingerprint density at radius 1 is 1.08 bits per heavy atom. The first-order valence-corrected chi connectivity index (χ1v) is 11.0.